The molecule has 8 heteroatoms. The Morgan fingerprint density at radius 1 is 1.29 bits per heavy atom. The summed E-state index contributed by atoms with van der Waals surface area (Å²) < 4.78 is 8.40. The highest BCUT2D eigenvalue weighted by molar-refractivity contribution is 5.96. The van der Waals surface area contributed by atoms with Crippen molar-refractivity contribution in [2.24, 2.45) is 7.05 Å². The molecule has 2 aliphatic rings. The van der Waals surface area contributed by atoms with Crippen LogP contribution in [0.5, 0.6) is 0 Å². The van der Waals surface area contributed by atoms with E-state index in [2.05, 4.69) is 15.2 Å². The maximum absolute atomic E-state index is 12.0. The summed E-state index contributed by atoms with van der Waals surface area (Å²) in [7, 11) is 3.20. The highest BCUT2D eigenvalue weighted by Gasteiger charge is 2.22. The molecule has 3 heterocycles. The van der Waals surface area contributed by atoms with E-state index in [1.165, 1.54) is 7.11 Å². The van der Waals surface area contributed by atoms with Crippen molar-refractivity contribution in [3.8, 4) is 16.9 Å². The van der Waals surface area contributed by atoms with Crippen LogP contribution >= 0.6 is 0 Å². The predicted octanol–water partition coefficient (Wildman–Crippen LogP) is 1.34. The molecule has 0 atom stereocenters. The van der Waals surface area contributed by atoms with Crippen LogP contribution in [-0.2, 0) is 11.8 Å². The third-order valence-corrected chi connectivity index (χ3v) is 3.97. The topological polar surface area (TPSA) is 94.8 Å². The number of aromatic nitrogens is 5. The number of fused-ring (bicyclic) bond motifs is 2. The van der Waals surface area contributed by atoms with Gasteiger partial charge in [-0.25, -0.2) is 14.9 Å². The van der Waals surface area contributed by atoms with E-state index >= 15 is 0 Å². The number of hydrogen-bond acceptors (Lipinski definition) is 5. The lowest BCUT2D eigenvalue weighted by Gasteiger charge is -2.12. The first-order valence-corrected chi connectivity index (χ1v) is 7.18. The minimum absolute atomic E-state index is 0.217. The molecule has 0 fully saturated rings. The molecule has 0 spiro atoms. The molecule has 0 amide bonds. The quantitative estimate of drug-likeness (QED) is 0.562. The molecule has 4 rings (SSSR count). The van der Waals surface area contributed by atoms with Crippen molar-refractivity contribution in [1.29, 1.82) is 0 Å². The van der Waals surface area contributed by atoms with Gasteiger partial charge < -0.3 is 13.9 Å². The van der Waals surface area contributed by atoms with Crippen LogP contribution in [0.2, 0.25) is 0 Å². The van der Waals surface area contributed by atoms with Gasteiger partial charge in [0.1, 0.15) is 11.3 Å². The molecule has 24 heavy (non-hydrogen) atoms. The van der Waals surface area contributed by atoms with Crippen molar-refractivity contribution < 1.29 is 9.53 Å². The Balaban J connectivity index is 1.97. The van der Waals surface area contributed by atoms with Crippen LogP contribution in [0.3, 0.4) is 0 Å². The van der Waals surface area contributed by atoms with Crippen LogP contribution in [0.4, 0.5) is 0 Å². The molecule has 1 N–H and O–H groups in total. The first kappa shape index (κ1) is 14.2. The number of nitrogens with zero attached hydrogens (tertiary/aromatic N) is 4. The zero-order valence-corrected chi connectivity index (χ0v) is 13.0. The van der Waals surface area contributed by atoms with Gasteiger partial charge in [-0.15, -0.1) is 0 Å². The van der Waals surface area contributed by atoms with Gasteiger partial charge in [-0.3, -0.25) is 4.79 Å². The number of pyridine rings is 1. The predicted molar refractivity (Wildman–Crippen MR) is 86.4 cm³/mol. The van der Waals surface area contributed by atoms with Gasteiger partial charge in [-0.2, -0.15) is 5.10 Å². The fraction of sp³-hybridized carbons (Fsp3) is 0.125. The average Bonchev–Trinajstić information content (AvgIpc) is 3.16. The molecular formula is C16H13N5O3. The maximum Gasteiger partial charge on any atom is 0.341 e. The van der Waals surface area contributed by atoms with Crippen molar-refractivity contribution >= 4 is 17.0 Å². The van der Waals surface area contributed by atoms with E-state index in [-0.39, 0.29) is 11.1 Å². The van der Waals surface area contributed by atoms with Gasteiger partial charge in [0, 0.05) is 25.1 Å². The Bertz CT molecular complexity index is 1100. The number of ether oxygens (including phenoxy) is 1. The molecule has 1 aromatic heterocycles. The number of aryl methyl sites for hydroxylation is 1. The summed E-state index contributed by atoms with van der Waals surface area (Å²) in [6.07, 6.45) is 4.96. The monoisotopic (exact) mass is 323 g/mol. The lowest BCUT2D eigenvalue weighted by atomic mass is 10.1. The number of hydrogen-bond donors (Lipinski definition) is 1. The van der Waals surface area contributed by atoms with Gasteiger partial charge in [0.2, 0.25) is 0 Å². The number of carbonyl (C=O) groups is 1. The second kappa shape index (κ2) is 5.05. The first-order valence-electron chi connectivity index (χ1n) is 7.18. The van der Waals surface area contributed by atoms with Crippen LogP contribution in [0.1, 0.15) is 10.4 Å². The molecule has 120 valence electrons. The van der Waals surface area contributed by atoms with Crippen LogP contribution in [0, 0.1) is 0 Å². The fourth-order valence-electron chi connectivity index (χ4n) is 2.73. The van der Waals surface area contributed by atoms with E-state index in [0.29, 0.717) is 11.3 Å². The van der Waals surface area contributed by atoms with E-state index in [9.17, 15) is 9.59 Å². The number of benzene rings is 1. The molecular weight excluding hydrogens is 310 g/mol. The van der Waals surface area contributed by atoms with Crippen molar-refractivity contribution in [3.05, 3.63) is 52.8 Å². The van der Waals surface area contributed by atoms with E-state index in [1.54, 1.807) is 23.3 Å². The average molecular weight is 323 g/mol. The number of imidazole rings is 1. The summed E-state index contributed by atoms with van der Waals surface area (Å²) in [5.74, 6) is -0.556. The van der Waals surface area contributed by atoms with Gasteiger partial charge in [-0.1, -0.05) is 0 Å². The van der Waals surface area contributed by atoms with E-state index in [4.69, 9.17) is 4.74 Å². The highest BCUT2D eigenvalue weighted by atomic mass is 16.5. The number of methoxy groups -OCH3 is 1. The van der Waals surface area contributed by atoms with Gasteiger partial charge >= 0.3 is 5.97 Å². The Kier molecular flexibility index (Phi) is 2.99. The standard InChI is InChI=1S/C16H13N5O3/c1-20-8-17-12-5-9(3-4-13(12)20)21-6-10-14(18-19-15(10)22)11(7-21)16(23)24-2/h3-8H,1-2H3,(H,19,22). The summed E-state index contributed by atoms with van der Waals surface area (Å²) >= 11 is 0. The highest BCUT2D eigenvalue weighted by Crippen LogP contribution is 2.24. The second-order valence-electron chi connectivity index (χ2n) is 5.41. The Labute approximate surface area is 135 Å². The van der Waals surface area contributed by atoms with Crippen molar-refractivity contribution in [2.75, 3.05) is 7.11 Å². The Morgan fingerprint density at radius 2 is 2.12 bits per heavy atom. The molecule has 0 unspecified atom stereocenters. The number of rotatable bonds is 2. The first-order chi connectivity index (χ1) is 11.6. The fourth-order valence-corrected chi connectivity index (χ4v) is 2.73. The molecule has 2 aliphatic heterocycles. The van der Waals surface area contributed by atoms with Crippen molar-refractivity contribution in [3.63, 3.8) is 0 Å². The zero-order valence-electron chi connectivity index (χ0n) is 13.0. The third kappa shape index (κ3) is 2.00. The van der Waals surface area contributed by atoms with Crippen LogP contribution < -0.4 is 5.56 Å². The molecule has 0 bridgehead atoms. The summed E-state index contributed by atoms with van der Waals surface area (Å²) in [6, 6.07) is 5.70. The summed E-state index contributed by atoms with van der Waals surface area (Å²) in [5.41, 5.74) is 3.05. The number of carbonyl (C=O) groups excluding carboxylic acids is 1. The van der Waals surface area contributed by atoms with E-state index in [0.717, 1.165) is 16.7 Å². The molecule has 0 aliphatic carbocycles. The Hall–Kier alpha value is -3.42. The SMILES string of the molecule is COC(=O)c1cn(-c2ccc3c(c2)ncn3C)cc2c(=O)[nH]nc1-2. The molecule has 0 radical (unpaired) electrons. The lowest BCUT2D eigenvalue weighted by molar-refractivity contribution is 0.0600. The largest absolute Gasteiger partial charge is 0.465 e. The summed E-state index contributed by atoms with van der Waals surface area (Å²) in [4.78, 5) is 28.3. The van der Waals surface area contributed by atoms with Crippen molar-refractivity contribution in [1.82, 2.24) is 24.3 Å². The number of aromatic amines is 1. The van der Waals surface area contributed by atoms with E-state index in [1.807, 2.05) is 29.8 Å². The van der Waals surface area contributed by atoms with Gasteiger partial charge in [0.25, 0.3) is 5.56 Å². The smallest absolute Gasteiger partial charge is 0.341 e. The number of esters is 1. The molecule has 0 saturated heterocycles. The normalized spacial score (nSPS) is 11.2. The van der Waals surface area contributed by atoms with Crippen LogP contribution in [-0.4, -0.2) is 37.4 Å². The van der Waals surface area contributed by atoms with Crippen LogP contribution in [0.15, 0.2) is 41.7 Å². The molecule has 2 aromatic rings. The van der Waals surface area contributed by atoms with Gasteiger partial charge in [0.05, 0.1) is 30.0 Å². The Morgan fingerprint density at radius 3 is 2.92 bits per heavy atom. The minimum Gasteiger partial charge on any atom is -0.465 e. The number of H-pyrrole nitrogens is 1. The van der Waals surface area contributed by atoms with Crippen LogP contribution in [0.25, 0.3) is 28.0 Å². The maximum atomic E-state index is 12.0. The second-order valence-corrected chi connectivity index (χ2v) is 5.41. The molecule has 8 nitrogen and oxygen atoms in total. The van der Waals surface area contributed by atoms with E-state index < -0.39 is 5.97 Å². The van der Waals surface area contributed by atoms with Crippen molar-refractivity contribution in [2.45, 2.75) is 0 Å². The lowest BCUT2D eigenvalue weighted by Crippen LogP contribution is -2.11. The van der Waals surface area contributed by atoms with Gasteiger partial charge in [0.15, 0.2) is 0 Å². The molecule has 0 saturated carbocycles. The van der Waals surface area contributed by atoms with Gasteiger partial charge in [-0.05, 0) is 18.2 Å². The molecule has 1 aromatic carbocycles. The summed E-state index contributed by atoms with van der Waals surface area (Å²) in [6.45, 7) is 0. The minimum atomic E-state index is -0.556. The number of nitrogens with one attached hydrogen (secondary N) is 1. The summed E-state index contributed by atoms with van der Waals surface area (Å²) in [5, 5.41) is 6.27. The zero-order chi connectivity index (χ0) is 16.8. The third-order valence-electron chi connectivity index (χ3n) is 3.97.